The highest BCUT2D eigenvalue weighted by atomic mass is 16.2. The van der Waals surface area contributed by atoms with E-state index < -0.39 is 0 Å². The molecule has 68 valence electrons. The van der Waals surface area contributed by atoms with E-state index in [-0.39, 0.29) is 17.1 Å². The second-order valence-corrected chi connectivity index (χ2v) is 3.43. The molecule has 0 aromatic rings. The Balaban J connectivity index is 2.77. The second-order valence-electron chi connectivity index (χ2n) is 3.43. The van der Waals surface area contributed by atoms with Gasteiger partial charge in [-0.1, -0.05) is 6.92 Å². The van der Waals surface area contributed by atoms with Crippen molar-refractivity contribution >= 4 is 11.7 Å². The Morgan fingerprint density at radius 1 is 1.67 bits per heavy atom. The van der Waals surface area contributed by atoms with Crippen LogP contribution in [0.25, 0.3) is 0 Å². The average Bonchev–Trinajstić information content (AvgIpc) is 2.47. The van der Waals surface area contributed by atoms with Crippen LogP contribution >= 0.6 is 0 Å². The molecule has 0 aliphatic heterocycles. The minimum absolute atomic E-state index is 0.0239. The maximum atomic E-state index is 11.4. The molecule has 0 bridgehead atoms. The molecule has 3 nitrogen and oxygen atoms in total. The molecule has 3 heteroatoms. The summed E-state index contributed by atoms with van der Waals surface area (Å²) in [5, 5.41) is 2.63. The van der Waals surface area contributed by atoms with Crippen molar-refractivity contribution in [1.29, 1.82) is 0 Å². The average molecular weight is 169 g/mol. The topological polar surface area (TPSA) is 46.2 Å². The molecule has 1 unspecified atom stereocenters. The van der Waals surface area contributed by atoms with E-state index >= 15 is 0 Å². The van der Waals surface area contributed by atoms with Crippen LogP contribution in [0.15, 0.2) is 0 Å². The van der Waals surface area contributed by atoms with Crippen LogP contribution in [0.2, 0.25) is 0 Å². The van der Waals surface area contributed by atoms with Crippen molar-refractivity contribution in [3.8, 4) is 0 Å². The fraction of sp³-hybridized carbons (Fsp3) is 0.778. The molecule has 1 aliphatic carbocycles. The molecule has 0 aromatic heterocycles. The first-order chi connectivity index (χ1) is 5.64. The van der Waals surface area contributed by atoms with Crippen molar-refractivity contribution in [3.63, 3.8) is 0 Å². The zero-order valence-corrected chi connectivity index (χ0v) is 7.64. The highest BCUT2D eigenvalue weighted by Gasteiger charge is 2.42. The SMILES string of the molecule is CCC1(C(=O)NC)CCC(=O)C1. The third-order valence-electron chi connectivity index (χ3n) is 2.80. The first kappa shape index (κ1) is 9.23. The number of rotatable bonds is 2. The summed E-state index contributed by atoms with van der Waals surface area (Å²) in [5.74, 6) is 0.247. The monoisotopic (exact) mass is 169 g/mol. The van der Waals surface area contributed by atoms with Crippen LogP contribution in [0, 0.1) is 5.41 Å². The molecule has 1 aliphatic rings. The van der Waals surface area contributed by atoms with Crippen LogP contribution in [0.1, 0.15) is 32.6 Å². The molecule has 0 aromatic carbocycles. The van der Waals surface area contributed by atoms with Crippen molar-refractivity contribution in [2.45, 2.75) is 32.6 Å². The molecule has 12 heavy (non-hydrogen) atoms. The summed E-state index contributed by atoms with van der Waals surface area (Å²) >= 11 is 0. The Morgan fingerprint density at radius 3 is 2.67 bits per heavy atom. The molecule has 1 saturated carbocycles. The zero-order chi connectivity index (χ0) is 9.19. The third kappa shape index (κ3) is 1.36. The predicted molar refractivity (Wildman–Crippen MR) is 45.6 cm³/mol. The smallest absolute Gasteiger partial charge is 0.226 e. The summed E-state index contributed by atoms with van der Waals surface area (Å²) in [4.78, 5) is 22.5. The minimum Gasteiger partial charge on any atom is -0.359 e. The van der Waals surface area contributed by atoms with Gasteiger partial charge in [-0.2, -0.15) is 0 Å². The number of hydrogen-bond donors (Lipinski definition) is 1. The summed E-state index contributed by atoms with van der Waals surface area (Å²) in [7, 11) is 1.63. The number of carbonyl (C=O) groups is 2. The van der Waals surface area contributed by atoms with E-state index in [1.54, 1.807) is 7.05 Å². The van der Waals surface area contributed by atoms with Crippen molar-refractivity contribution in [1.82, 2.24) is 5.32 Å². The molecule has 0 spiro atoms. The first-order valence-electron chi connectivity index (χ1n) is 4.38. The van der Waals surface area contributed by atoms with E-state index in [0.717, 1.165) is 12.8 Å². The van der Waals surface area contributed by atoms with Crippen molar-refractivity contribution in [3.05, 3.63) is 0 Å². The highest BCUT2D eigenvalue weighted by molar-refractivity contribution is 5.92. The number of ketones is 1. The number of carbonyl (C=O) groups excluding carboxylic acids is 2. The van der Waals surface area contributed by atoms with Crippen LogP contribution in [-0.4, -0.2) is 18.7 Å². The molecule has 1 atom stereocenters. The van der Waals surface area contributed by atoms with E-state index in [2.05, 4.69) is 5.32 Å². The first-order valence-corrected chi connectivity index (χ1v) is 4.38. The van der Waals surface area contributed by atoms with Crippen molar-refractivity contribution in [2.75, 3.05) is 7.05 Å². The summed E-state index contributed by atoms with van der Waals surface area (Å²) in [6.07, 6.45) is 2.49. The lowest BCUT2D eigenvalue weighted by Gasteiger charge is -2.23. The Morgan fingerprint density at radius 2 is 2.33 bits per heavy atom. The third-order valence-corrected chi connectivity index (χ3v) is 2.80. The van der Waals surface area contributed by atoms with Crippen LogP contribution in [0.4, 0.5) is 0 Å². The summed E-state index contributed by atoms with van der Waals surface area (Å²) in [6, 6.07) is 0. The number of Topliss-reactive ketones (excluding diaryl/α,β-unsaturated/α-hetero) is 1. The van der Waals surface area contributed by atoms with E-state index in [1.165, 1.54) is 0 Å². The van der Waals surface area contributed by atoms with Gasteiger partial charge in [-0.3, -0.25) is 9.59 Å². The van der Waals surface area contributed by atoms with Gasteiger partial charge in [-0.25, -0.2) is 0 Å². The van der Waals surface area contributed by atoms with Gasteiger partial charge in [-0.15, -0.1) is 0 Å². The van der Waals surface area contributed by atoms with Crippen LogP contribution in [0.3, 0.4) is 0 Å². The van der Waals surface area contributed by atoms with Gasteiger partial charge in [-0.05, 0) is 12.8 Å². The van der Waals surface area contributed by atoms with E-state index in [4.69, 9.17) is 0 Å². The van der Waals surface area contributed by atoms with Gasteiger partial charge >= 0.3 is 0 Å². The van der Waals surface area contributed by atoms with Gasteiger partial charge in [0.05, 0.1) is 5.41 Å². The lowest BCUT2D eigenvalue weighted by atomic mass is 9.82. The Kier molecular flexibility index (Phi) is 2.50. The summed E-state index contributed by atoms with van der Waals surface area (Å²) in [5.41, 5.74) is -0.383. The van der Waals surface area contributed by atoms with Crippen molar-refractivity contribution in [2.24, 2.45) is 5.41 Å². The predicted octanol–water partition coefficient (Wildman–Crippen LogP) is 0.882. The van der Waals surface area contributed by atoms with Crippen molar-refractivity contribution < 1.29 is 9.59 Å². The molecular weight excluding hydrogens is 154 g/mol. The largest absolute Gasteiger partial charge is 0.359 e. The van der Waals surface area contributed by atoms with Crippen LogP contribution in [0.5, 0.6) is 0 Å². The lowest BCUT2D eigenvalue weighted by molar-refractivity contribution is -0.132. The molecule has 1 fully saturated rings. The van der Waals surface area contributed by atoms with Crippen LogP contribution in [-0.2, 0) is 9.59 Å². The molecular formula is C9H15NO2. The van der Waals surface area contributed by atoms with E-state index in [9.17, 15) is 9.59 Å². The Bertz CT molecular complexity index is 213. The maximum Gasteiger partial charge on any atom is 0.226 e. The van der Waals surface area contributed by atoms with Gasteiger partial charge in [0.15, 0.2) is 0 Å². The highest BCUT2D eigenvalue weighted by Crippen LogP contribution is 2.38. The van der Waals surface area contributed by atoms with Gasteiger partial charge in [0.1, 0.15) is 5.78 Å². The van der Waals surface area contributed by atoms with E-state index in [1.807, 2.05) is 6.92 Å². The Hall–Kier alpha value is -0.860. The molecule has 1 rings (SSSR count). The second kappa shape index (κ2) is 3.25. The molecule has 0 heterocycles. The minimum atomic E-state index is -0.383. The molecule has 1 amide bonds. The standard InChI is InChI=1S/C9H15NO2/c1-3-9(8(12)10-2)5-4-7(11)6-9/h3-6H2,1-2H3,(H,10,12). The van der Waals surface area contributed by atoms with Gasteiger partial charge in [0, 0.05) is 19.9 Å². The summed E-state index contributed by atoms with van der Waals surface area (Å²) < 4.78 is 0. The summed E-state index contributed by atoms with van der Waals surface area (Å²) in [6.45, 7) is 1.97. The lowest BCUT2D eigenvalue weighted by Crippen LogP contribution is -2.36. The zero-order valence-electron chi connectivity index (χ0n) is 7.64. The van der Waals surface area contributed by atoms with Gasteiger partial charge in [0.2, 0.25) is 5.91 Å². The fourth-order valence-electron chi connectivity index (χ4n) is 1.85. The molecule has 0 radical (unpaired) electrons. The Labute approximate surface area is 72.5 Å². The molecule has 0 saturated heterocycles. The molecule has 1 N–H and O–H groups in total. The number of nitrogens with one attached hydrogen (secondary N) is 1. The fourth-order valence-corrected chi connectivity index (χ4v) is 1.85. The van der Waals surface area contributed by atoms with Crippen LogP contribution < -0.4 is 5.32 Å². The quantitative estimate of drug-likeness (QED) is 0.667. The van der Waals surface area contributed by atoms with E-state index in [0.29, 0.717) is 12.8 Å². The van der Waals surface area contributed by atoms with Gasteiger partial charge < -0.3 is 5.32 Å². The van der Waals surface area contributed by atoms with Gasteiger partial charge in [0.25, 0.3) is 0 Å². The normalized spacial score (nSPS) is 29.0. The maximum absolute atomic E-state index is 11.4. The number of amides is 1. The number of hydrogen-bond acceptors (Lipinski definition) is 2.